The van der Waals surface area contributed by atoms with E-state index in [0.717, 1.165) is 5.57 Å². The van der Waals surface area contributed by atoms with Crippen LogP contribution in [0.15, 0.2) is 30.0 Å². The maximum atomic E-state index is 9.60. The quantitative estimate of drug-likeness (QED) is 0.740. The zero-order valence-corrected chi connectivity index (χ0v) is 8.42. The predicted octanol–water partition coefficient (Wildman–Crippen LogP) is 2.73. The molecule has 0 aliphatic heterocycles. The Labute approximate surface area is 82.9 Å². The van der Waals surface area contributed by atoms with Gasteiger partial charge in [-0.1, -0.05) is 23.3 Å². The fourth-order valence-corrected chi connectivity index (χ4v) is 1.08. The molecule has 0 aromatic carbocycles. The first kappa shape index (κ1) is 10.2. The smallest absolute Gasteiger partial charge is 0.114 e. The van der Waals surface area contributed by atoms with E-state index < -0.39 is 6.10 Å². The normalized spacial score (nSPS) is 12.3. The Kier molecular flexibility index (Phi) is 3.46. The Bertz CT molecular complexity index is 301. The fraction of sp³-hybridized carbons (Fsp3) is 0.300. The number of hydrogen-bond acceptors (Lipinski definition) is 2. The van der Waals surface area contributed by atoms with Gasteiger partial charge >= 0.3 is 0 Å². The van der Waals surface area contributed by atoms with Crippen molar-refractivity contribution in [3.63, 3.8) is 0 Å². The highest BCUT2D eigenvalue weighted by Crippen LogP contribution is 2.15. The lowest BCUT2D eigenvalue weighted by atomic mass is 10.2. The summed E-state index contributed by atoms with van der Waals surface area (Å²) in [4.78, 5) is 4.00. The molecule has 1 rings (SSSR count). The van der Waals surface area contributed by atoms with E-state index in [1.807, 2.05) is 13.8 Å². The van der Waals surface area contributed by atoms with Crippen LogP contribution in [0.1, 0.15) is 25.6 Å². The Morgan fingerprint density at radius 2 is 2.23 bits per heavy atom. The summed E-state index contributed by atoms with van der Waals surface area (Å²) >= 11 is 5.66. The minimum absolute atomic E-state index is 0.577. The first-order valence-corrected chi connectivity index (χ1v) is 4.42. The topological polar surface area (TPSA) is 33.1 Å². The summed E-state index contributed by atoms with van der Waals surface area (Å²) < 4.78 is 0. The molecule has 1 atom stereocenters. The molecule has 0 radical (unpaired) electrons. The molecule has 70 valence electrons. The van der Waals surface area contributed by atoms with E-state index >= 15 is 0 Å². The standard InChI is InChI=1S/C10H12ClNO/c1-7(2)5-10(13)9-4-3-8(11)6-12-9/h3-6,10,13H,1-2H3. The second-order valence-corrected chi connectivity index (χ2v) is 3.53. The molecule has 0 saturated heterocycles. The first-order chi connectivity index (χ1) is 6.09. The second kappa shape index (κ2) is 4.40. The number of aromatic nitrogens is 1. The van der Waals surface area contributed by atoms with Crippen molar-refractivity contribution in [2.24, 2.45) is 0 Å². The zero-order valence-electron chi connectivity index (χ0n) is 7.66. The number of pyridine rings is 1. The molecule has 1 aromatic rings. The van der Waals surface area contributed by atoms with E-state index in [2.05, 4.69) is 4.98 Å². The van der Waals surface area contributed by atoms with Crippen LogP contribution in [0.5, 0.6) is 0 Å². The molecule has 0 bridgehead atoms. The van der Waals surface area contributed by atoms with Crippen LogP contribution in [0.2, 0.25) is 5.02 Å². The summed E-state index contributed by atoms with van der Waals surface area (Å²) in [6, 6.07) is 3.43. The maximum absolute atomic E-state index is 9.60. The number of halogens is 1. The Hall–Kier alpha value is -0.860. The van der Waals surface area contributed by atoms with E-state index in [1.165, 1.54) is 6.20 Å². The predicted molar refractivity (Wildman–Crippen MR) is 53.6 cm³/mol. The number of nitrogens with zero attached hydrogens (tertiary/aromatic N) is 1. The molecule has 3 heteroatoms. The largest absolute Gasteiger partial charge is 0.383 e. The van der Waals surface area contributed by atoms with Gasteiger partial charge < -0.3 is 5.11 Å². The van der Waals surface area contributed by atoms with Crippen molar-refractivity contribution in [1.82, 2.24) is 4.98 Å². The molecule has 1 heterocycles. The third kappa shape index (κ3) is 3.17. The Balaban J connectivity index is 2.83. The molecule has 2 nitrogen and oxygen atoms in total. The lowest BCUT2D eigenvalue weighted by Crippen LogP contribution is -1.96. The highest BCUT2D eigenvalue weighted by atomic mass is 35.5. The number of hydrogen-bond donors (Lipinski definition) is 1. The van der Waals surface area contributed by atoms with Gasteiger partial charge in [0.25, 0.3) is 0 Å². The molecule has 1 aromatic heterocycles. The van der Waals surface area contributed by atoms with Crippen LogP contribution in [-0.4, -0.2) is 10.1 Å². The van der Waals surface area contributed by atoms with Gasteiger partial charge in [-0.05, 0) is 26.0 Å². The van der Waals surface area contributed by atoms with Crippen LogP contribution in [0, 0.1) is 0 Å². The van der Waals surface area contributed by atoms with Crippen molar-refractivity contribution in [3.05, 3.63) is 40.7 Å². The zero-order chi connectivity index (χ0) is 9.84. The molecule has 0 saturated carbocycles. The second-order valence-electron chi connectivity index (χ2n) is 3.09. The summed E-state index contributed by atoms with van der Waals surface area (Å²) in [5, 5.41) is 10.2. The third-order valence-corrected chi connectivity index (χ3v) is 1.77. The fourth-order valence-electron chi connectivity index (χ4n) is 0.963. The number of aliphatic hydroxyl groups is 1. The molecular weight excluding hydrogens is 186 g/mol. The van der Waals surface area contributed by atoms with Gasteiger partial charge in [-0.3, -0.25) is 4.98 Å². The molecular formula is C10H12ClNO. The minimum Gasteiger partial charge on any atom is -0.383 e. The van der Waals surface area contributed by atoms with Gasteiger partial charge in [-0.2, -0.15) is 0 Å². The van der Waals surface area contributed by atoms with Crippen molar-refractivity contribution < 1.29 is 5.11 Å². The summed E-state index contributed by atoms with van der Waals surface area (Å²) in [6.45, 7) is 3.86. The van der Waals surface area contributed by atoms with Crippen LogP contribution in [0.25, 0.3) is 0 Å². The van der Waals surface area contributed by atoms with Crippen molar-refractivity contribution in [2.75, 3.05) is 0 Å². The highest BCUT2D eigenvalue weighted by molar-refractivity contribution is 6.30. The van der Waals surface area contributed by atoms with E-state index in [9.17, 15) is 5.11 Å². The SMILES string of the molecule is CC(C)=CC(O)c1ccc(Cl)cn1. The van der Waals surface area contributed by atoms with E-state index in [-0.39, 0.29) is 0 Å². The average molecular weight is 198 g/mol. The minimum atomic E-state index is -0.637. The van der Waals surface area contributed by atoms with Gasteiger partial charge in [0.05, 0.1) is 10.7 Å². The van der Waals surface area contributed by atoms with Crippen LogP contribution in [-0.2, 0) is 0 Å². The monoisotopic (exact) mass is 197 g/mol. The van der Waals surface area contributed by atoms with Crippen LogP contribution < -0.4 is 0 Å². The highest BCUT2D eigenvalue weighted by Gasteiger charge is 2.04. The third-order valence-electron chi connectivity index (χ3n) is 1.54. The molecule has 1 unspecified atom stereocenters. The van der Waals surface area contributed by atoms with E-state index in [1.54, 1.807) is 18.2 Å². The Morgan fingerprint density at radius 3 is 2.69 bits per heavy atom. The molecule has 1 N–H and O–H groups in total. The maximum Gasteiger partial charge on any atom is 0.114 e. The van der Waals surface area contributed by atoms with Crippen LogP contribution >= 0.6 is 11.6 Å². The van der Waals surface area contributed by atoms with Crippen molar-refractivity contribution >= 4 is 11.6 Å². The van der Waals surface area contributed by atoms with Crippen molar-refractivity contribution in [3.8, 4) is 0 Å². The number of rotatable bonds is 2. The molecule has 0 fully saturated rings. The van der Waals surface area contributed by atoms with E-state index in [4.69, 9.17) is 11.6 Å². The van der Waals surface area contributed by atoms with Crippen molar-refractivity contribution in [2.45, 2.75) is 20.0 Å². The lowest BCUT2D eigenvalue weighted by Gasteiger charge is -2.05. The van der Waals surface area contributed by atoms with Crippen molar-refractivity contribution in [1.29, 1.82) is 0 Å². The van der Waals surface area contributed by atoms with Gasteiger partial charge in [0, 0.05) is 6.20 Å². The number of aliphatic hydroxyl groups excluding tert-OH is 1. The van der Waals surface area contributed by atoms with Gasteiger partial charge in [0.1, 0.15) is 6.10 Å². The average Bonchev–Trinajstić information content (AvgIpc) is 2.04. The summed E-state index contributed by atoms with van der Waals surface area (Å²) in [6.07, 6.45) is 2.64. The molecule has 0 amide bonds. The molecule has 13 heavy (non-hydrogen) atoms. The van der Waals surface area contributed by atoms with Crippen LogP contribution in [0.4, 0.5) is 0 Å². The van der Waals surface area contributed by atoms with Gasteiger partial charge in [-0.25, -0.2) is 0 Å². The molecule has 0 aliphatic carbocycles. The van der Waals surface area contributed by atoms with Gasteiger partial charge in [0.2, 0.25) is 0 Å². The molecule has 0 spiro atoms. The van der Waals surface area contributed by atoms with E-state index in [0.29, 0.717) is 10.7 Å². The van der Waals surface area contributed by atoms with Gasteiger partial charge in [-0.15, -0.1) is 0 Å². The summed E-state index contributed by atoms with van der Waals surface area (Å²) in [5.41, 5.74) is 1.68. The summed E-state index contributed by atoms with van der Waals surface area (Å²) in [7, 11) is 0. The van der Waals surface area contributed by atoms with Gasteiger partial charge in [0.15, 0.2) is 0 Å². The number of allylic oxidation sites excluding steroid dienone is 1. The molecule has 0 aliphatic rings. The van der Waals surface area contributed by atoms with Crippen LogP contribution in [0.3, 0.4) is 0 Å². The lowest BCUT2D eigenvalue weighted by molar-refractivity contribution is 0.222. The first-order valence-electron chi connectivity index (χ1n) is 4.04. The Morgan fingerprint density at radius 1 is 1.54 bits per heavy atom. The summed E-state index contributed by atoms with van der Waals surface area (Å²) in [5.74, 6) is 0.